The summed E-state index contributed by atoms with van der Waals surface area (Å²) in [6, 6.07) is 0. The van der Waals surface area contributed by atoms with Crippen LogP contribution in [0, 0.1) is 5.41 Å². The Bertz CT molecular complexity index is 295. The second-order valence-electron chi connectivity index (χ2n) is 4.08. The molecule has 3 nitrogen and oxygen atoms in total. The van der Waals surface area contributed by atoms with Crippen LogP contribution in [0.4, 0.5) is 0 Å². The summed E-state index contributed by atoms with van der Waals surface area (Å²) in [5.74, 6) is 0. The van der Waals surface area contributed by atoms with Crippen molar-refractivity contribution in [1.29, 1.82) is 0 Å². The number of nitrogens with zero attached hydrogens (tertiary/aromatic N) is 3. The van der Waals surface area contributed by atoms with Crippen molar-refractivity contribution in [1.82, 2.24) is 15.0 Å². The predicted molar refractivity (Wildman–Crippen MR) is 69.6 cm³/mol. The van der Waals surface area contributed by atoms with E-state index in [1.54, 1.807) is 4.68 Å². The molecule has 15 heavy (non-hydrogen) atoms. The molecule has 0 aromatic carbocycles. The fourth-order valence-corrected chi connectivity index (χ4v) is 3.63. The molecule has 0 unspecified atom stereocenters. The first-order valence-corrected chi connectivity index (χ1v) is 7.37. The number of hydrogen-bond donors (Lipinski definition) is 0. The lowest BCUT2D eigenvalue weighted by atomic mass is 9.83. The van der Waals surface area contributed by atoms with Gasteiger partial charge in [0, 0.05) is 30.3 Å². The van der Waals surface area contributed by atoms with E-state index in [2.05, 4.69) is 49.1 Å². The first-order chi connectivity index (χ1) is 7.15. The van der Waals surface area contributed by atoms with E-state index >= 15 is 0 Å². The number of hydrogen-bond acceptors (Lipinski definition) is 2. The molecular weight excluding hydrogens is 322 g/mol. The summed E-state index contributed by atoms with van der Waals surface area (Å²) >= 11 is 7.23. The molecule has 0 aliphatic heterocycles. The van der Waals surface area contributed by atoms with E-state index < -0.39 is 0 Å². The Kier molecular flexibility index (Phi) is 5.26. The normalized spacial score (nSPS) is 12.0. The van der Waals surface area contributed by atoms with Gasteiger partial charge in [0.05, 0.1) is 5.69 Å². The Balaban J connectivity index is 2.73. The summed E-state index contributed by atoms with van der Waals surface area (Å²) in [6.45, 7) is 2.22. The molecule has 5 heteroatoms. The molecule has 0 aliphatic rings. The Morgan fingerprint density at radius 1 is 1.40 bits per heavy atom. The number of aryl methyl sites for hydroxylation is 1. The minimum atomic E-state index is 0.269. The van der Waals surface area contributed by atoms with Gasteiger partial charge in [0.25, 0.3) is 0 Å². The summed E-state index contributed by atoms with van der Waals surface area (Å²) in [7, 11) is 1.90. The molecule has 1 aromatic rings. The first kappa shape index (κ1) is 13.2. The summed E-state index contributed by atoms with van der Waals surface area (Å²) in [4.78, 5) is 0. The van der Waals surface area contributed by atoms with Gasteiger partial charge in [-0.25, -0.2) is 0 Å². The third-order valence-electron chi connectivity index (χ3n) is 2.55. The van der Waals surface area contributed by atoms with Crippen LogP contribution in [0.3, 0.4) is 0 Å². The summed E-state index contributed by atoms with van der Waals surface area (Å²) < 4.78 is 1.76. The molecule has 0 amide bonds. The van der Waals surface area contributed by atoms with Gasteiger partial charge >= 0.3 is 0 Å². The number of rotatable bonds is 6. The van der Waals surface area contributed by atoms with E-state index in [0.29, 0.717) is 0 Å². The molecule has 1 heterocycles. The lowest BCUT2D eigenvalue weighted by Crippen LogP contribution is -2.27. The lowest BCUT2D eigenvalue weighted by molar-refractivity contribution is 0.348. The summed E-state index contributed by atoms with van der Waals surface area (Å²) in [5.41, 5.74) is 1.34. The van der Waals surface area contributed by atoms with Gasteiger partial charge in [-0.2, -0.15) is 0 Å². The third-order valence-corrected chi connectivity index (χ3v) is 4.93. The van der Waals surface area contributed by atoms with E-state index in [4.69, 9.17) is 0 Å². The van der Waals surface area contributed by atoms with Crippen molar-refractivity contribution in [2.75, 3.05) is 10.7 Å². The standard InChI is InChI=1S/C10H17Br2N3/c1-3-4-10(7-11,8-12)5-9-6-15(2)14-13-9/h6H,3-5,7-8H2,1-2H3. The van der Waals surface area contributed by atoms with Gasteiger partial charge in [0.15, 0.2) is 0 Å². The molecule has 0 bridgehead atoms. The fraction of sp³-hybridized carbons (Fsp3) is 0.800. The van der Waals surface area contributed by atoms with Crippen molar-refractivity contribution in [3.8, 4) is 0 Å². The second-order valence-corrected chi connectivity index (χ2v) is 5.20. The van der Waals surface area contributed by atoms with Crippen LogP contribution in [0.1, 0.15) is 25.5 Å². The highest BCUT2D eigenvalue weighted by Gasteiger charge is 2.28. The quantitative estimate of drug-likeness (QED) is 0.746. The third kappa shape index (κ3) is 3.55. The van der Waals surface area contributed by atoms with Crippen molar-refractivity contribution in [3.05, 3.63) is 11.9 Å². The molecule has 0 spiro atoms. The minimum absolute atomic E-state index is 0.269. The minimum Gasteiger partial charge on any atom is -0.255 e. The number of alkyl halides is 2. The van der Waals surface area contributed by atoms with Gasteiger partial charge in [0.2, 0.25) is 0 Å². The Morgan fingerprint density at radius 2 is 2.07 bits per heavy atom. The van der Waals surface area contributed by atoms with E-state index in [1.165, 1.54) is 12.8 Å². The molecule has 0 N–H and O–H groups in total. The van der Waals surface area contributed by atoms with Crippen molar-refractivity contribution in [2.24, 2.45) is 12.5 Å². The van der Waals surface area contributed by atoms with Crippen LogP contribution in [-0.2, 0) is 13.5 Å². The predicted octanol–water partition coefficient (Wildman–Crippen LogP) is 2.93. The molecule has 1 aromatic heterocycles. The first-order valence-electron chi connectivity index (χ1n) is 5.13. The second kappa shape index (κ2) is 5.99. The van der Waals surface area contributed by atoms with Crippen LogP contribution in [0.5, 0.6) is 0 Å². The van der Waals surface area contributed by atoms with Crippen LogP contribution in [-0.4, -0.2) is 25.7 Å². The van der Waals surface area contributed by atoms with Crippen LogP contribution < -0.4 is 0 Å². The zero-order chi connectivity index (χ0) is 11.3. The molecule has 0 aliphatic carbocycles. The van der Waals surface area contributed by atoms with Crippen LogP contribution >= 0.6 is 31.9 Å². The molecule has 1 rings (SSSR count). The van der Waals surface area contributed by atoms with Gasteiger partial charge in [-0.1, -0.05) is 50.4 Å². The highest BCUT2D eigenvalue weighted by atomic mass is 79.9. The molecule has 0 atom stereocenters. The maximum absolute atomic E-state index is 4.15. The SMILES string of the molecule is CCCC(CBr)(CBr)Cc1cn(C)nn1. The van der Waals surface area contributed by atoms with Crippen LogP contribution in [0.15, 0.2) is 6.20 Å². The van der Waals surface area contributed by atoms with E-state index in [1.807, 2.05) is 13.2 Å². The summed E-state index contributed by atoms with van der Waals surface area (Å²) in [6.07, 6.45) is 5.36. The fourth-order valence-electron chi connectivity index (χ4n) is 1.74. The highest BCUT2D eigenvalue weighted by Crippen LogP contribution is 2.32. The van der Waals surface area contributed by atoms with Crippen molar-refractivity contribution in [2.45, 2.75) is 26.2 Å². The van der Waals surface area contributed by atoms with E-state index in [9.17, 15) is 0 Å². The van der Waals surface area contributed by atoms with Gasteiger partial charge in [-0.3, -0.25) is 4.68 Å². The van der Waals surface area contributed by atoms with Gasteiger partial charge < -0.3 is 0 Å². The Morgan fingerprint density at radius 3 is 2.47 bits per heavy atom. The lowest BCUT2D eigenvalue weighted by Gasteiger charge is -2.28. The topological polar surface area (TPSA) is 30.7 Å². The van der Waals surface area contributed by atoms with Gasteiger partial charge in [0.1, 0.15) is 0 Å². The van der Waals surface area contributed by atoms with E-state index in [0.717, 1.165) is 22.8 Å². The molecule has 0 fully saturated rings. The average molecular weight is 339 g/mol. The number of aromatic nitrogens is 3. The maximum Gasteiger partial charge on any atom is 0.0833 e. The average Bonchev–Trinajstić information content (AvgIpc) is 2.63. The molecule has 0 saturated heterocycles. The maximum atomic E-state index is 4.15. The Hall–Kier alpha value is 0.1000. The number of halogens is 2. The Labute approximate surface area is 108 Å². The van der Waals surface area contributed by atoms with Crippen LogP contribution in [0.25, 0.3) is 0 Å². The molecule has 0 saturated carbocycles. The van der Waals surface area contributed by atoms with Gasteiger partial charge in [-0.05, 0) is 11.8 Å². The molecule has 0 radical (unpaired) electrons. The largest absolute Gasteiger partial charge is 0.255 e. The zero-order valence-corrected chi connectivity index (χ0v) is 12.4. The monoisotopic (exact) mass is 337 g/mol. The van der Waals surface area contributed by atoms with Crippen molar-refractivity contribution >= 4 is 31.9 Å². The molecular formula is C10H17Br2N3. The summed E-state index contributed by atoms with van der Waals surface area (Å²) in [5, 5.41) is 10.1. The van der Waals surface area contributed by atoms with E-state index in [-0.39, 0.29) is 5.41 Å². The van der Waals surface area contributed by atoms with Crippen LogP contribution in [0.2, 0.25) is 0 Å². The highest BCUT2D eigenvalue weighted by molar-refractivity contribution is 9.09. The molecule has 86 valence electrons. The van der Waals surface area contributed by atoms with Gasteiger partial charge in [-0.15, -0.1) is 5.10 Å². The van der Waals surface area contributed by atoms with Crippen molar-refractivity contribution in [3.63, 3.8) is 0 Å². The zero-order valence-electron chi connectivity index (χ0n) is 9.21. The smallest absolute Gasteiger partial charge is 0.0833 e. The van der Waals surface area contributed by atoms with Crippen molar-refractivity contribution < 1.29 is 0 Å².